The number of allylic oxidation sites excluding steroid dienone is 1. The molecule has 30 heavy (non-hydrogen) atoms. The third-order valence-electron chi connectivity index (χ3n) is 4.41. The van der Waals surface area contributed by atoms with Gasteiger partial charge in [-0.3, -0.25) is 4.79 Å². The number of thioether (sulfide) groups is 1. The molecule has 2 aromatic carbocycles. The fourth-order valence-corrected chi connectivity index (χ4v) is 4.30. The Hall–Kier alpha value is -1.05. The molecule has 1 heterocycles. The Morgan fingerprint density at radius 3 is 2.20 bits per heavy atom. The molecule has 2 aromatic rings. The molecule has 0 spiro atoms. The molecule has 160 valence electrons. The van der Waals surface area contributed by atoms with Crippen molar-refractivity contribution in [3.63, 3.8) is 0 Å². The molecule has 10 heteroatoms. The van der Waals surface area contributed by atoms with Crippen molar-refractivity contribution in [1.82, 2.24) is 5.32 Å². The van der Waals surface area contributed by atoms with Crippen LogP contribution in [0, 0.1) is 0 Å². The van der Waals surface area contributed by atoms with E-state index in [0.29, 0.717) is 5.56 Å². The number of hydrogen-bond donors (Lipinski definition) is 1. The lowest BCUT2D eigenvalue weighted by atomic mass is 9.97. The predicted molar refractivity (Wildman–Crippen MR) is 119 cm³/mol. The summed E-state index contributed by atoms with van der Waals surface area (Å²) in [7, 11) is 0. The molecule has 0 aliphatic carbocycles. The lowest BCUT2D eigenvalue weighted by Gasteiger charge is -2.26. The first kappa shape index (κ1) is 23.6. The zero-order chi connectivity index (χ0) is 22.1. The Balaban J connectivity index is 1.84. The van der Waals surface area contributed by atoms with E-state index in [4.69, 9.17) is 46.4 Å². The van der Waals surface area contributed by atoms with Crippen LogP contribution in [0.5, 0.6) is 0 Å². The summed E-state index contributed by atoms with van der Waals surface area (Å²) in [6.07, 6.45) is -2.32. The van der Waals surface area contributed by atoms with E-state index in [1.54, 1.807) is 11.8 Å². The predicted octanol–water partition coefficient (Wildman–Crippen LogP) is 7.50. The minimum absolute atomic E-state index is 0.00636. The Kier molecular flexibility index (Phi) is 7.57. The van der Waals surface area contributed by atoms with E-state index >= 15 is 0 Å². The van der Waals surface area contributed by atoms with Gasteiger partial charge in [-0.25, -0.2) is 0 Å². The van der Waals surface area contributed by atoms with Gasteiger partial charge >= 0.3 is 6.18 Å². The molecule has 1 amide bonds. The highest BCUT2D eigenvalue weighted by atomic mass is 35.5. The highest BCUT2D eigenvalue weighted by Crippen LogP contribution is 2.41. The molecular weight excluding hydrogens is 501 g/mol. The van der Waals surface area contributed by atoms with Gasteiger partial charge in [-0.15, -0.1) is 0 Å². The fourth-order valence-electron chi connectivity index (χ4n) is 2.77. The Labute approximate surface area is 195 Å². The van der Waals surface area contributed by atoms with Gasteiger partial charge < -0.3 is 5.32 Å². The Bertz CT molecular complexity index is 969. The van der Waals surface area contributed by atoms with E-state index in [1.807, 2.05) is 0 Å². The van der Waals surface area contributed by atoms with Gasteiger partial charge in [0.05, 0.1) is 31.6 Å². The van der Waals surface area contributed by atoms with Gasteiger partial charge in [0.2, 0.25) is 0 Å². The molecule has 1 saturated heterocycles. The lowest BCUT2D eigenvalue weighted by Crippen LogP contribution is -2.43. The zero-order valence-corrected chi connectivity index (χ0v) is 18.9. The molecule has 1 fully saturated rings. The number of rotatable bonds is 5. The summed E-state index contributed by atoms with van der Waals surface area (Å²) in [5.41, 5.74) is 0.545. The lowest BCUT2D eigenvalue weighted by molar-refractivity contribution is -0.139. The number of carbonyl (C=O) groups is 1. The molecule has 0 aromatic heterocycles. The van der Waals surface area contributed by atoms with Crippen LogP contribution >= 0.6 is 58.2 Å². The van der Waals surface area contributed by atoms with E-state index in [0.717, 1.165) is 29.7 Å². The van der Waals surface area contributed by atoms with Crippen LogP contribution in [-0.2, 0) is 0 Å². The van der Waals surface area contributed by atoms with Crippen LogP contribution < -0.4 is 5.32 Å². The molecule has 1 unspecified atom stereocenters. The molecule has 0 saturated carbocycles. The first-order valence-electron chi connectivity index (χ1n) is 8.63. The number of halogens is 7. The maximum absolute atomic E-state index is 13.6. The standard InChI is InChI=1S/C20H14Cl4F3NOS/c21-15-5-10(1-3-13(15)19(29)28-12-8-30-9-12)2-4-14(20(25,26)27)11-6-16(22)18(24)17(23)7-11/h1-7,12,14H,8-9H2,(H,28,29)/b4-2+. The van der Waals surface area contributed by atoms with Gasteiger partial charge in [-0.1, -0.05) is 64.6 Å². The normalized spacial score (nSPS) is 15.8. The smallest absolute Gasteiger partial charge is 0.348 e. The molecule has 3 rings (SSSR count). The summed E-state index contributed by atoms with van der Waals surface area (Å²) < 4.78 is 40.9. The van der Waals surface area contributed by atoms with Crippen LogP contribution in [0.1, 0.15) is 27.4 Å². The summed E-state index contributed by atoms with van der Waals surface area (Å²) in [6.45, 7) is 0. The van der Waals surface area contributed by atoms with Crippen molar-refractivity contribution >= 4 is 70.1 Å². The highest BCUT2D eigenvalue weighted by molar-refractivity contribution is 8.00. The second-order valence-corrected chi connectivity index (χ2v) is 9.30. The van der Waals surface area contributed by atoms with E-state index in [2.05, 4.69) is 5.32 Å². The van der Waals surface area contributed by atoms with Gasteiger partial charge in [0, 0.05) is 17.5 Å². The van der Waals surface area contributed by atoms with E-state index in [9.17, 15) is 18.0 Å². The average Bonchev–Trinajstić information content (AvgIpc) is 2.61. The summed E-state index contributed by atoms with van der Waals surface area (Å²) in [5, 5.41) is 2.87. The minimum atomic E-state index is -4.58. The van der Waals surface area contributed by atoms with Crippen LogP contribution in [0.2, 0.25) is 20.1 Å². The quantitative estimate of drug-likeness (QED) is 0.418. The van der Waals surface area contributed by atoms with Crippen molar-refractivity contribution in [1.29, 1.82) is 0 Å². The van der Waals surface area contributed by atoms with Gasteiger partial charge in [-0.05, 0) is 35.4 Å². The van der Waals surface area contributed by atoms with Crippen molar-refractivity contribution in [3.8, 4) is 0 Å². The Morgan fingerprint density at radius 1 is 1.07 bits per heavy atom. The average molecular weight is 515 g/mol. The van der Waals surface area contributed by atoms with Crippen LogP contribution in [0.4, 0.5) is 13.2 Å². The summed E-state index contributed by atoms with van der Waals surface area (Å²) in [6, 6.07) is 6.85. The van der Waals surface area contributed by atoms with Crippen LogP contribution in [0.3, 0.4) is 0 Å². The van der Waals surface area contributed by atoms with E-state index in [1.165, 1.54) is 24.3 Å². The second-order valence-electron chi connectivity index (χ2n) is 6.62. The molecule has 1 N–H and O–H groups in total. The molecule has 1 aliphatic heterocycles. The zero-order valence-electron chi connectivity index (χ0n) is 15.1. The molecule has 1 aliphatic rings. The van der Waals surface area contributed by atoms with Crippen LogP contribution in [-0.4, -0.2) is 29.6 Å². The Morgan fingerprint density at radius 2 is 1.70 bits per heavy atom. The molecule has 2 nitrogen and oxygen atoms in total. The maximum atomic E-state index is 13.6. The number of benzene rings is 2. The third-order valence-corrected chi connectivity index (χ3v) is 7.20. The monoisotopic (exact) mass is 513 g/mol. The topological polar surface area (TPSA) is 29.1 Å². The second kappa shape index (κ2) is 9.61. The first-order valence-corrected chi connectivity index (χ1v) is 11.3. The van der Waals surface area contributed by atoms with Crippen molar-refractivity contribution in [3.05, 3.63) is 73.2 Å². The molecule has 0 bridgehead atoms. The van der Waals surface area contributed by atoms with Gasteiger partial charge in [-0.2, -0.15) is 24.9 Å². The van der Waals surface area contributed by atoms with Crippen molar-refractivity contribution in [2.24, 2.45) is 0 Å². The van der Waals surface area contributed by atoms with Crippen LogP contribution in [0.15, 0.2) is 36.4 Å². The van der Waals surface area contributed by atoms with Gasteiger partial charge in [0.1, 0.15) is 0 Å². The molecule has 1 atom stereocenters. The number of carbonyl (C=O) groups excluding carboxylic acids is 1. The van der Waals surface area contributed by atoms with Crippen molar-refractivity contribution < 1.29 is 18.0 Å². The third kappa shape index (κ3) is 5.60. The van der Waals surface area contributed by atoms with Gasteiger partial charge in [0.15, 0.2) is 0 Å². The summed E-state index contributed by atoms with van der Waals surface area (Å²) in [4.78, 5) is 12.2. The number of nitrogens with one attached hydrogen (secondary N) is 1. The summed E-state index contributed by atoms with van der Waals surface area (Å²) >= 11 is 25.5. The number of alkyl halides is 3. The SMILES string of the molecule is O=C(NC1CSC1)c1ccc(/C=C/C(c2cc(Cl)c(Cl)c(Cl)c2)C(F)(F)F)cc1Cl. The van der Waals surface area contributed by atoms with Crippen molar-refractivity contribution in [2.75, 3.05) is 11.5 Å². The number of hydrogen-bond acceptors (Lipinski definition) is 2. The summed E-state index contributed by atoms with van der Waals surface area (Å²) in [5.74, 6) is -0.564. The minimum Gasteiger partial charge on any atom is -0.348 e. The van der Waals surface area contributed by atoms with Crippen molar-refractivity contribution in [2.45, 2.75) is 18.1 Å². The molecule has 0 radical (unpaired) electrons. The van der Waals surface area contributed by atoms with Gasteiger partial charge in [0.25, 0.3) is 5.91 Å². The molecular formula is C20H14Cl4F3NOS. The fraction of sp³-hybridized carbons (Fsp3) is 0.250. The van der Waals surface area contributed by atoms with E-state index in [-0.39, 0.29) is 43.2 Å². The number of amides is 1. The largest absolute Gasteiger partial charge is 0.399 e. The first-order chi connectivity index (χ1) is 14.1. The highest BCUT2D eigenvalue weighted by Gasteiger charge is 2.39. The van der Waals surface area contributed by atoms with Crippen LogP contribution in [0.25, 0.3) is 6.08 Å². The maximum Gasteiger partial charge on any atom is 0.399 e. The van der Waals surface area contributed by atoms with E-state index < -0.39 is 12.1 Å².